The molecule has 4 aliphatic rings. The van der Waals surface area contributed by atoms with Crippen molar-refractivity contribution in [3.8, 4) is 16.9 Å². The van der Waals surface area contributed by atoms with Crippen LogP contribution in [0.3, 0.4) is 0 Å². The van der Waals surface area contributed by atoms with Gasteiger partial charge in [-0.15, -0.1) is 6.58 Å². The number of amides is 5. The minimum Gasteiger partial charge on any atom is -0.497 e. The number of urea groups is 1. The maximum atomic E-state index is 14.5. The van der Waals surface area contributed by atoms with Crippen molar-refractivity contribution in [2.75, 3.05) is 19.0 Å². The van der Waals surface area contributed by atoms with E-state index >= 15 is 0 Å². The van der Waals surface area contributed by atoms with Gasteiger partial charge >= 0.3 is 18.1 Å². The van der Waals surface area contributed by atoms with Crippen molar-refractivity contribution in [2.45, 2.75) is 95.6 Å². The number of carboxylic acid groups (broad SMARTS) is 1. The summed E-state index contributed by atoms with van der Waals surface area (Å²) < 4.78 is 11.0. The highest BCUT2D eigenvalue weighted by Gasteiger charge is 2.61. The Balaban J connectivity index is 1.28. The number of nitrogens with one attached hydrogen (secondary N) is 3. The summed E-state index contributed by atoms with van der Waals surface area (Å²) in [6, 6.07) is 10.1. The number of fused-ring (bicyclic) bond motifs is 1. The monoisotopic (exact) mass is 701 g/mol. The largest absolute Gasteiger partial charge is 0.497 e. The van der Waals surface area contributed by atoms with Crippen molar-refractivity contribution in [1.82, 2.24) is 20.4 Å². The molecule has 13 heteroatoms. The lowest BCUT2D eigenvalue weighted by Gasteiger charge is -2.36. The van der Waals surface area contributed by atoms with Crippen LogP contribution in [0.25, 0.3) is 11.1 Å². The molecular weight excluding hydrogens is 654 g/mol. The molecule has 2 aliphatic carbocycles. The molecule has 0 aromatic heterocycles. The topological polar surface area (TPSA) is 167 Å². The number of aliphatic carboxylic acids is 1. The molecular formula is C38H47N5O8. The lowest BCUT2D eigenvalue weighted by molar-refractivity contribution is -0.146. The van der Waals surface area contributed by atoms with Crippen LogP contribution in [-0.4, -0.2) is 88.2 Å². The number of carbonyl (C=O) groups is 5. The average molecular weight is 702 g/mol. The van der Waals surface area contributed by atoms with Gasteiger partial charge in [-0.2, -0.15) is 0 Å². The smallest absolute Gasteiger partial charge is 0.408 e. The number of methoxy groups -OCH3 is 1. The van der Waals surface area contributed by atoms with Crippen molar-refractivity contribution in [2.24, 2.45) is 11.3 Å². The first-order valence-corrected chi connectivity index (χ1v) is 17.5. The Hall–Kier alpha value is -5.07. The third-order valence-corrected chi connectivity index (χ3v) is 10.6. The normalized spacial score (nSPS) is 24.9. The van der Waals surface area contributed by atoms with E-state index in [9.17, 15) is 29.1 Å². The zero-order valence-electron chi connectivity index (χ0n) is 29.6. The van der Waals surface area contributed by atoms with Crippen LogP contribution in [0.2, 0.25) is 0 Å². The number of ether oxygens (including phenoxy) is 2. The van der Waals surface area contributed by atoms with E-state index in [1.165, 1.54) is 11.0 Å². The Kier molecular flexibility index (Phi) is 9.75. The van der Waals surface area contributed by atoms with Gasteiger partial charge in [-0.05, 0) is 67.2 Å². The molecule has 2 saturated carbocycles. The summed E-state index contributed by atoms with van der Waals surface area (Å²) in [5.74, 6) is -2.13. The van der Waals surface area contributed by atoms with Gasteiger partial charge < -0.3 is 40.3 Å². The van der Waals surface area contributed by atoms with E-state index in [0.29, 0.717) is 11.4 Å². The van der Waals surface area contributed by atoms with Crippen LogP contribution in [0.1, 0.15) is 64.9 Å². The zero-order valence-corrected chi connectivity index (χ0v) is 29.6. The van der Waals surface area contributed by atoms with E-state index in [0.717, 1.165) is 42.4 Å². The van der Waals surface area contributed by atoms with Crippen molar-refractivity contribution in [3.05, 3.63) is 60.7 Å². The molecule has 2 aromatic rings. The van der Waals surface area contributed by atoms with Crippen LogP contribution in [0, 0.1) is 11.3 Å². The molecule has 0 bridgehead atoms. The number of nitrogens with zero attached hydrogens (tertiary/aromatic N) is 2. The van der Waals surface area contributed by atoms with Crippen LogP contribution in [0.15, 0.2) is 55.1 Å². The minimum absolute atomic E-state index is 0.00780. The van der Waals surface area contributed by atoms with E-state index in [-0.39, 0.29) is 32.0 Å². The van der Waals surface area contributed by atoms with Crippen LogP contribution in [0.4, 0.5) is 15.3 Å². The standard InChI is InChI=1S/C38H47N5O8/c1-6-24-19-38(24,34(46)47)41-32(44)29-18-25(21-43(29)33(45)31(37(2,3)4)40-36(49)51-26-13-7-8-14-26)42-20-23-12-10-16-28(30(23)39-35(42)48)22-11-9-15-27(17-22)50-5/h6,9-12,15-17,24-26,29,31H,1,7-8,13-14,18-21H2,2-5H3,(H,39,48)(H,40,49)(H,41,44)(H,46,47)/t24-,25?,29+,31-,38-/m1/s1. The summed E-state index contributed by atoms with van der Waals surface area (Å²) in [7, 11) is 1.59. The fourth-order valence-electron chi connectivity index (χ4n) is 7.61. The minimum atomic E-state index is -1.52. The molecule has 1 saturated heterocycles. The third-order valence-electron chi connectivity index (χ3n) is 10.6. The summed E-state index contributed by atoms with van der Waals surface area (Å²) in [5, 5.41) is 18.5. The van der Waals surface area contributed by atoms with Gasteiger partial charge in [0.1, 0.15) is 29.5 Å². The number of alkyl carbamates (subject to hydrolysis) is 1. The Bertz CT molecular complexity index is 1730. The molecule has 51 heavy (non-hydrogen) atoms. The molecule has 2 heterocycles. The number of hydrogen-bond acceptors (Lipinski definition) is 7. The fraction of sp³-hybridized carbons (Fsp3) is 0.500. The molecule has 0 radical (unpaired) electrons. The number of para-hydroxylation sites is 1. The number of anilines is 1. The Labute approximate surface area is 297 Å². The first-order chi connectivity index (χ1) is 24.2. The quantitative estimate of drug-likeness (QED) is 0.254. The highest BCUT2D eigenvalue weighted by molar-refractivity contribution is 5.99. The van der Waals surface area contributed by atoms with Gasteiger partial charge in [-0.3, -0.25) is 9.59 Å². The second-order valence-electron chi connectivity index (χ2n) is 15.1. The predicted octanol–water partition coefficient (Wildman–Crippen LogP) is 4.91. The molecule has 13 nitrogen and oxygen atoms in total. The van der Waals surface area contributed by atoms with Gasteiger partial charge in [0, 0.05) is 24.6 Å². The average Bonchev–Trinajstić information content (AvgIpc) is 3.37. The summed E-state index contributed by atoms with van der Waals surface area (Å²) >= 11 is 0. The van der Waals surface area contributed by atoms with Gasteiger partial charge in [0.15, 0.2) is 0 Å². The molecule has 3 fully saturated rings. The number of likely N-dealkylation sites (tertiary alicyclic amines) is 1. The molecule has 272 valence electrons. The second kappa shape index (κ2) is 13.9. The number of benzene rings is 2. The van der Waals surface area contributed by atoms with E-state index < -0.39 is 64.9 Å². The molecule has 5 amide bonds. The van der Waals surface area contributed by atoms with Crippen molar-refractivity contribution in [1.29, 1.82) is 0 Å². The first-order valence-electron chi connectivity index (χ1n) is 17.5. The summed E-state index contributed by atoms with van der Waals surface area (Å²) in [4.78, 5) is 70.7. The molecule has 1 unspecified atom stereocenters. The summed E-state index contributed by atoms with van der Waals surface area (Å²) in [6.07, 6.45) is 4.27. The molecule has 5 atom stereocenters. The molecule has 4 N–H and O–H groups in total. The number of rotatable bonds is 10. The lowest BCUT2D eigenvalue weighted by atomic mass is 9.85. The van der Waals surface area contributed by atoms with Crippen LogP contribution in [0.5, 0.6) is 5.75 Å². The van der Waals surface area contributed by atoms with Crippen LogP contribution >= 0.6 is 0 Å². The lowest BCUT2D eigenvalue weighted by Crippen LogP contribution is -2.59. The predicted molar refractivity (Wildman–Crippen MR) is 189 cm³/mol. The van der Waals surface area contributed by atoms with E-state index in [2.05, 4.69) is 22.5 Å². The second-order valence-corrected chi connectivity index (χ2v) is 15.1. The molecule has 2 aliphatic heterocycles. The van der Waals surface area contributed by atoms with Gasteiger partial charge in [-0.1, -0.05) is 57.2 Å². The van der Waals surface area contributed by atoms with Crippen molar-refractivity contribution < 1.29 is 38.6 Å². The van der Waals surface area contributed by atoms with Gasteiger partial charge in [-0.25, -0.2) is 14.4 Å². The molecule has 0 spiro atoms. The summed E-state index contributed by atoms with van der Waals surface area (Å²) in [5.41, 5.74) is 0.903. The zero-order chi connectivity index (χ0) is 36.7. The number of hydrogen-bond donors (Lipinski definition) is 4. The maximum Gasteiger partial charge on any atom is 0.408 e. The highest BCUT2D eigenvalue weighted by Crippen LogP contribution is 2.45. The van der Waals surface area contributed by atoms with Gasteiger partial charge in [0.2, 0.25) is 11.8 Å². The third kappa shape index (κ3) is 7.11. The van der Waals surface area contributed by atoms with Gasteiger partial charge in [0.25, 0.3) is 0 Å². The van der Waals surface area contributed by atoms with E-state index in [4.69, 9.17) is 9.47 Å². The fourth-order valence-corrected chi connectivity index (χ4v) is 7.61. The van der Waals surface area contributed by atoms with Crippen LogP contribution < -0.4 is 20.7 Å². The Morgan fingerprint density at radius 1 is 1.12 bits per heavy atom. The van der Waals surface area contributed by atoms with E-state index in [1.807, 2.05) is 42.5 Å². The molecule has 6 rings (SSSR count). The first kappa shape index (κ1) is 35.7. The van der Waals surface area contributed by atoms with Crippen molar-refractivity contribution in [3.63, 3.8) is 0 Å². The highest BCUT2D eigenvalue weighted by atomic mass is 16.6. The number of carbonyl (C=O) groups excluding carboxylic acids is 4. The maximum absolute atomic E-state index is 14.5. The Morgan fingerprint density at radius 3 is 2.49 bits per heavy atom. The van der Waals surface area contributed by atoms with Crippen LogP contribution in [-0.2, 0) is 25.7 Å². The van der Waals surface area contributed by atoms with Gasteiger partial charge in [0.05, 0.1) is 18.8 Å². The SMILES string of the molecule is C=C[C@@H]1C[C@]1(NC(=O)[C@@H]1CC(N2Cc3cccc(-c4cccc(OC)c4)c3NC2=O)CN1C(=O)[C@@H](NC(=O)OC1CCCC1)C(C)(C)C)C(=O)O. The van der Waals surface area contributed by atoms with E-state index in [1.54, 1.807) is 32.8 Å². The molecule has 2 aromatic carbocycles. The summed E-state index contributed by atoms with van der Waals surface area (Å²) in [6.45, 7) is 9.34. The Morgan fingerprint density at radius 2 is 1.84 bits per heavy atom. The van der Waals surface area contributed by atoms with Crippen molar-refractivity contribution >= 4 is 35.6 Å². The number of carboxylic acids is 1.